The number of rotatable bonds is 4. The minimum atomic E-state index is -0.492. The number of hydrogen-bond acceptors (Lipinski definition) is 3. The van der Waals surface area contributed by atoms with E-state index < -0.39 is 6.10 Å². The lowest BCUT2D eigenvalue weighted by molar-refractivity contribution is 0.173. The molecule has 1 aromatic heterocycles. The molecule has 1 unspecified atom stereocenters. The standard InChI is InChI=1S/C9H15N3O/c1-10-5-9(13)8-4-7(11-12-8)6-2-3-6/h4,6,9-10,13H,2-3,5H2,1H3,(H,11,12). The molecule has 0 radical (unpaired) electrons. The Kier molecular flexibility index (Phi) is 2.33. The van der Waals surface area contributed by atoms with E-state index in [1.165, 1.54) is 18.5 Å². The van der Waals surface area contributed by atoms with E-state index >= 15 is 0 Å². The Morgan fingerprint density at radius 2 is 2.54 bits per heavy atom. The molecule has 0 saturated heterocycles. The Bertz CT molecular complexity index is 280. The summed E-state index contributed by atoms with van der Waals surface area (Å²) in [5, 5.41) is 19.6. The van der Waals surface area contributed by atoms with E-state index in [0.29, 0.717) is 12.5 Å². The zero-order chi connectivity index (χ0) is 9.26. The van der Waals surface area contributed by atoms with Crippen molar-refractivity contribution < 1.29 is 5.11 Å². The van der Waals surface area contributed by atoms with Crippen LogP contribution in [0.1, 0.15) is 36.3 Å². The van der Waals surface area contributed by atoms with Gasteiger partial charge in [0, 0.05) is 18.2 Å². The molecule has 1 aliphatic rings. The van der Waals surface area contributed by atoms with Crippen LogP contribution in [-0.4, -0.2) is 28.9 Å². The summed E-state index contributed by atoms with van der Waals surface area (Å²) in [5.41, 5.74) is 1.92. The van der Waals surface area contributed by atoms with Crippen LogP contribution in [0.2, 0.25) is 0 Å². The summed E-state index contributed by atoms with van der Waals surface area (Å²) < 4.78 is 0. The van der Waals surface area contributed by atoms with Gasteiger partial charge in [-0.15, -0.1) is 0 Å². The fourth-order valence-corrected chi connectivity index (χ4v) is 1.43. The monoisotopic (exact) mass is 181 g/mol. The van der Waals surface area contributed by atoms with E-state index in [1.807, 2.05) is 13.1 Å². The molecule has 1 heterocycles. The number of likely N-dealkylation sites (N-methyl/N-ethyl adjacent to an activating group) is 1. The third kappa shape index (κ3) is 1.89. The van der Waals surface area contributed by atoms with Crippen molar-refractivity contribution in [3.05, 3.63) is 17.5 Å². The first kappa shape index (κ1) is 8.72. The maximum absolute atomic E-state index is 9.59. The number of aromatic amines is 1. The van der Waals surface area contributed by atoms with Gasteiger partial charge in [-0.25, -0.2) is 0 Å². The van der Waals surface area contributed by atoms with Gasteiger partial charge in [0.25, 0.3) is 0 Å². The quantitative estimate of drug-likeness (QED) is 0.635. The zero-order valence-corrected chi connectivity index (χ0v) is 7.75. The molecule has 0 aliphatic heterocycles. The highest BCUT2D eigenvalue weighted by molar-refractivity contribution is 5.18. The molecule has 1 saturated carbocycles. The maximum atomic E-state index is 9.59. The van der Waals surface area contributed by atoms with Gasteiger partial charge in [-0.2, -0.15) is 5.10 Å². The second-order valence-electron chi connectivity index (χ2n) is 3.60. The number of aliphatic hydroxyl groups is 1. The molecule has 2 rings (SSSR count). The van der Waals surface area contributed by atoms with Crippen LogP contribution in [0.25, 0.3) is 0 Å². The first-order valence-corrected chi connectivity index (χ1v) is 4.69. The Balaban J connectivity index is 2.03. The van der Waals surface area contributed by atoms with Crippen LogP contribution in [0.5, 0.6) is 0 Å². The first-order valence-electron chi connectivity index (χ1n) is 4.69. The van der Waals surface area contributed by atoms with E-state index in [2.05, 4.69) is 15.5 Å². The van der Waals surface area contributed by atoms with Crippen LogP contribution in [-0.2, 0) is 0 Å². The number of nitrogens with one attached hydrogen (secondary N) is 2. The van der Waals surface area contributed by atoms with Gasteiger partial charge in [0.1, 0.15) is 6.10 Å². The van der Waals surface area contributed by atoms with Gasteiger partial charge in [0.15, 0.2) is 0 Å². The van der Waals surface area contributed by atoms with Crippen LogP contribution >= 0.6 is 0 Å². The van der Waals surface area contributed by atoms with Gasteiger partial charge in [0.2, 0.25) is 0 Å². The van der Waals surface area contributed by atoms with E-state index in [4.69, 9.17) is 0 Å². The first-order chi connectivity index (χ1) is 6.31. The third-order valence-corrected chi connectivity index (χ3v) is 2.37. The van der Waals surface area contributed by atoms with Crippen molar-refractivity contribution in [1.29, 1.82) is 0 Å². The molecule has 4 heteroatoms. The summed E-state index contributed by atoms with van der Waals surface area (Å²) >= 11 is 0. The average molecular weight is 181 g/mol. The summed E-state index contributed by atoms with van der Waals surface area (Å²) in [7, 11) is 1.82. The molecule has 1 aliphatic carbocycles. The molecule has 3 N–H and O–H groups in total. The van der Waals surface area contributed by atoms with Gasteiger partial charge < -0.3 is 10.4 Å². The highest BCUT2D eigenvalue weighted by Crippen LogP contribution is 2.39. The smallest absolute Gasteiger partial charge is 0.110 e. The number of nitrogens with zero attached hydrogens (tertiary/aromatic N) is 1. The van der Waals surface area contributed by atoms with Gasteiger partial charge in [-0.1, -0.05) is 0 Å². The van der Waals surface area contributed by atoms with Crippen LogP contribution < -0.4 is 5.32 Å². The number of H-pyrrole nitrogens is 1. The maximum Gasteiger partial charge on any atom is 0.110 e. The summed E-state index contributed by atoms with van der Waals surface area (Å²) in [6.45, 7) is 0.551. The molecule has 13 heavy (non-hydrogen) atoms. The molecule has 0 aromatic carbocycles. The number of aliphatic hydroxyl groups excluding tert-OH is 1. The van der Waals surface area contributed by atoms with Gasteiger partial charge in [0.05, 0.1) is 5.69 Å². The average Bonchev–Trinajstić information content (AvgIpc) is 2.84. The minimum absolute atomic E-state index is 0.492. The fourth-order valence-electron chi connectivity index (χ4n) is 1.43. The largest absolute Gasteiger partial charge is 0.385 e. The van der Waals surface area contributed by atoms with E-state index in [0.717, 1.165) is 5.69 Å². The van der Waals surface area contributed by atoms with Gasteiger partial charge >= 0.3 is 0 Å². The van der Waals surface area contributed by atoms with Crippen LogP contribution in [0.15, 0.2) is 6.07 Å². The Labute approximate surface area is 77.4 Å². The van der Waals surface area contributed by atoms with Crippen LogP contribution in [0, 0.1) is 0 Å². The van der Waals surface area contributed by atoms with E-state index in [-0.39, 0.29) is 0 Å². The number of aromatic nitrogens is 2. The lowest BCUT2D eigenvalue weighted by atomic mass is 10.2. The fraction of sp³-hybridized carbons (Fsp3) is 0.667. The Morgan fingerprint density at radius 3 is 3.15 bits per heavy atom. The van der Waals surface area contributed by atoms with E-state index in [1.54, 1.807) is 0 Å². The molecular formula is C9H15N3O. The summed E-state index contributed by atoms with van der Waals surface area (Å²) in [5.74, 6) is 0.669. The SMILES string of the molecule is CNCC(O)c1cc(C2CC2)[nH]n1. The third-order valence-electron chi connectivity index (χ3n) is 2.37. The van der Waals surface area contributed by atoms with Crippen molar-refractivity contribution in [3.63, 3.8) is 0 Å². The summed E-state index contributed by atoms with van der Waals surface area (Å²) in [6, 6.07) is 1.97. The van der Waals surface area contributed by atoms with Crippen LogP contribution in [0.3, 0.4) is 0 Å². The molecule has 1 fully saturated rings. The molecular weight excluding hydrogens is 166 g/mol. The van der Waals surface area contributed by atoms with Crippen molar-refractivity contribution in [2.24, 2.45) is 0 Å². The second-order valence-corrected chi connectivity index (χ2v) is 3.60. The topological polar surface area (TPSA) is 60.9 Å². The molecule has 0 spiro atoms. The summed E-state index contributed by atoms with van der Waals surface area (Å²) in [6.07, 6.45) is 2.02. The molecule has 72 valence electrons. The molecule has 0 bridgehead atoms. The normalized spacial score (nSPS) is 18.9. The Hall–Kier alpha value is -0.870. The van der Waals surface area contributed by atoms with Crippen molar-refractivity contribution >= 4 is 0 Å². The lowest BCUT2D eigenvalue weighted by Crippen LogP contribution is -2.16. The Morgan fingerprint density at radius 1 is 1.77 bits per heavy atom. The van der Waals surface area contributed by atoms with Crippen molar-refractivity contribution in [2.75, 3.05) is 13.6 Å². The predicted octanol–water partition coefficient (Wildman–Crippen LogP) is 0.540. The molecule has 4 nitrogen and oxygen atoms in total. The van der Waals surface area contributed by atoms with E-state index in [9.17, 15) is 5.11 Å². The summed E-state index contributed by atoms with van der Waals surface area (Å²) in [4.78, 5) is 0. The molecule has 1 aromatic rings. The van der Waals surface area contributed by atoms with Gasteiger partial charge in [-0.05, 0) is 26.0 Å². The zero-order valence-electron chi connectivity index (χ0n) is 7.75. The van der Waals surface area contributed by atoms with Crippen molar-refractivity contribution in [3.8, 4) is 0 Å². The van der Waals surface area contributed by atoms with Crippen molar-refractivity contribution in [1.82, 2.24) is 15.5 Å². The van der Waals surface area contributed by atoms with Crippen LogP contribution in [0.4, 0.5) is 0 Å². The van der Waals surface area contributed by atoms with Crippen molar-refractivity contribution in [2.45, 2.75) is 24.9 Å². The lowest BCUT2D eigenvalue weighted by Gasteiger charge is -2.04. The predicted molar refractivity (Wildman–Crippen MR) is 49.4 cm³/mol. The van der Waals surface area contributed by atoms with Gasteiger partial charge in [-0.3, -0.25) is 5.10 Å². The highest BCUT2D eigenvalue weighted by atomic mass is 16.3. The second kappa shape index (κ2) is 3.47. The minimum Gasteiger partial charge on any atom is -0.385 e. The molecule has 0 amide bonds. The highest BCUT2D eigenvalue weighted by Gasteiger charge is 2.26. The number of hydrogen-bond donors (Lipinski definition) is 3. The molecule has 1 atom stereocenters.